The van der Waals surface area contributed by atoms with Gasteiger partial charge in [0.05, 0.1) is 0 Å². The predicted octanol–water partition coefficient (Wildman–Crippen LogP) is 1.38. The van der Waals surface area contributed by atoms with E-state index in [2.05, 4.69) is 10.2 Å². The van der Waals surface area contributed by atoms with E-state index < -0.39 is 6.67 Å². The number of benzene rings is 1. The lowest BCUT2D eigenvalue weighted by molar-refractivity contribution is 0.168. The third kappa shape index (κ3) is 3.04. The van der Waals surface area contributed by atoms with Crippen molar-refractivity contribution in [1.29, 1.82) is 0 Å². The van der Waals surface area contributed by atoms with Gasteiger partial charge in [-0.05, 0) is 29.7 Å². The highest BCUT2D eigenvalue weighted by Crippen LogP contribution is 2.35. The summed E-state index contributed by atoms with van der Waals surface area (Å²) in [4.78, 5) is 2.43. The molecule has 110 valence electrons. The maximum Gasteiger partial charge on any atom is 0.164 e. The number of alkyl halides is 1. The number of piperazine rings is 1. The molecule has 0 aromatic heterocycles. The molecule has 0 bridgehead atoms. The van der Waals surface area contributed by atoms with Crippen molar-refractivity contribution in [2.45, 2.75) is 13.1 Å². The molecule has 2 aliphatic rings. The summed E-state index contributed by atoms with van der Waals surface area (Å²) in [5.74, 6) is 1.50. The standard InChI is InChI=1S/C15H21FN2O2/c16-11-12-9-13(1-4-18-5-2-17-3-6-18)15-14(10-12)19-7-8-20-15/h9-10,17H,1-8,11H2. The number of hydrogen-bond donors (Lipinski definition) is 1. The van der Waals surface area contributed by atoms with E-state index in [0.29, 0.717) is 24.5 Å². The second-order valence-electron chi connectivity index (χ2n) is 5.25. The minimum atomic E-state index is -0.461. The molecule has 0 spiro atoms. The fourth-order valence-corrected chi connectivity index (χ4v) is 2.77. The lowest BCUT2D eigenvalue weighted by atomic mass is 10.1. The molecular weight excluding hydrogens is 259 g/mol. The minimum absolute atomic E-state index is 0.461. The van der Waals surface area contributed by atoms with Crippen molar-refractivity contribution in [2.75, 3.05) is 45.9 Å². The van der Waals surface area contributed by atoms with Gasteiger partial charge in [-0.15, -0.1) is 0 Å². The Bertz CT molecular complexity index is 461. The Kier molecular flexibility index (Phi) is 4.38. The van der Waals surface area contributed by atoms with Crippen LogP contribution in [0.3, 0.4) is 0 Å². The van der Waals surface area contributed by atoms with Gasteiger partial charge in [0.25, 0.3) is 0 Å². The van der Waals surface area contributed by atoms with Crippen LogP contribution in [0.25, 0.3) is 0 Å². The van der Waals surface area contributed by atoms with E-state index >= 15 is 0 Å². The lowest BCUT2D eigenvalue weighted by Gasteiger charge is -2.28. The van der Waals surface area contributed by atoms with Crippen LogP contribution in [0.4, 0.5) is 4.39 Å². The van der Waals surface area contributed by atoms with Gasteiger partial charge in [0.1, 0.15) is 19.9 Å². The van der Waals surface area contributed by atoms with E-state index in [-0.39, 0.29) is 0 Å². The predicted molar refractivity (Wildman–Crippen MR) is 75.3 cm³/mol. The zero-order chi connectivity index (χ0) is 13.8. The molecule has 0 saturated carbocycles. The zero-order valence-electron chi connectivity index (χ0n) is 11.7. The first-order chi connectivity index (χ1) is 9.86. The number of nitrogens with zero attached hydrogens (tertiary/aromatic N) is 1. The van der Waals surface area contributed by atoms with Crippen LogP contribution >= 0.6 is 0 Å². The molecule has 3 rings (SSSR count). The summed E-state index contributed by atoms with van der Waals surface area (Å²) in [5.41, 5.74) is 1.73. The van der Waals surface area contributed by atoms with Crippen LogP contribution in [0.2, 0.25) is 0 Å². The molecule has 1 saturated heterocycles. The zero-order valence-corrected chi connectivity index (χ0v) is 11.7. The summed E-state index contributed by atoms with van der Waals surface area (Å²) in [6.07, 6.45) is 0.875. The summed E-state index contributed by atoms with van der Waals surface area (Å²) >= 11 is 0. The summed E-state index contributed by atoms with van der Waals surface area (Å²) in [5, 5.41) is 3.35. The second kappa shape index (κ2) is 6.41. The third-order valence-electron chi connectivity index (χ3n) is 3.84. The molecule has 2 heterocycles. The van der Waals surface area contributed by atoms with Crippen molar-refractivity contribution in [1.82, 2.24) is 10.2 Å². The SMILES string of the molecule is FCc1cc(CCN2CCNCC2)c2c(c1)OCCO2. The van der Waals surface area contributed by atoms with E-state index in [9.17, 15) is 4.39 Å². The van der Waals surface area contributed by atoms with Gasteiger partial charge < -0.3 is 19.7 Å². The topological polar surface area (TPSA) is 33.7 Å². The van der Waals surface area contributed by atoms with Crippen LogP contribution in [0.15, 0.2) is 12.1 Å². The first-order valence-electron chi connectivity index (χ1n) is 7.27. The molecule has 2 aliphatic heterocycles. The number of fused-ring (bicyclic) bond motifs is 1. The van der Waals surface area contributed by atoms with Gasteiger partial charge in [-0.1, -0.05) is 0 Å². The molecular formula is C15H21FN2O2. The Morgan fingerprint density at radius 1 is 1.15 bits per heavy atom. The molecule has 4 nitrogen and oxygen atoms in total. The molecule has 1 aromatic rings. The van der Waals surface area contributed by atoms with Crippen LogP contribution < -0.4 is 14.8 Å². The number of ether oxygens (including phenoxy) is 2. The average molecular weight is 280 g/mol. The van der Waals surface area contributed by atoms with Gasteiger partial charge in [0, 0.05) is 32.7 Å². The summed E-state index contributed by atoms with van der Waals surface area (Å²) < 4.78 is 24.3. The van der Waals surface area contributed by atoms with Crippen LogP contribution in [-0.2, 0) is 13.1 Å². The Hall–Kier alpha value is -1.33. The maximum absolute atomic E-state index is 13.0. The Morgan fingerprint density at radius 3 is 2.75 bits per heavy atom. The Morgan fingerprint density at radius 2 is 1.95 bits per heavy atom. The van der Waals surface area contributed by atoms with Gasteiger partial charge >= 0.3 is 0 Å². The van der Waals surface area contributed by atoms with Crippen molar-refractivity contribution >= 4 is 0 Å². The maximum atomic E-state index is 13.0. The van der Waals surface area contributed by atoms with Gasteiger partial charge in [0.2, 0.25) is 0 Å². The highest BCUT2D eigenvalue weighted by Gasteiger charge is 2.18. The fraction of sp³-hybridized carbons (Fsp3) is 0.600. The lowest BCUT2D eigenvalue weighted by Crippen LogP contribution is -2.44. The number of hydrogen-bond acceptors (Lipinski definition) is 4. The summed E-state index contributed by atoms with van der Waals surface area (Å²) in [6.45, 7) is 5.86. The van der Waals surface area contributed by atoms with E-state index in [1.807, 2.05) is 6.07 Å². The van der Waals surface area contributed by atoms with Crippen molar-refractivity contribution in [3.63, 3.8) is 0 Å². The number of halogens is 1. The van der Waals surface area contributed by atoms with E-state index in [1.165, 1.54) is 0 Å². The van der Waals surface area contributed by atoms with Crippen molar-refractivity contribution in [3.8, 4) is 11.5 Å². The Labute approximate surface area is 118 Å². The van der Waals surface area contributed by atoms with Gasteiger partial charge in [-0.3, -0.25) is 0 Å². The highest BCUT2D eigenvalue weighted by molar-refractivity contribution is 5.50. The van der Waals surface area contributed by atoms with Gasteiger partial charge in [0.15, 0.2) is 11.5 Å². The van der Waals surface area contributed by atoms with Crippen molar-refractivity contribution in [2.24, 2.45) is 0 Å². The number of rotatable bonds is 4. The number of nitrogens with one attached hydrogen (secondary N) is 1. The summed E-state index contributed by atoms with van der Waals surface area (Å²) in [6, 6.07) is 3.67. The van der Waals surface area contributed by atoms with E-state index in [1.54, 1.807) is 6.07 Å². The molecule has 0 atom stereocenters. The Balaban J connectivity index is 1.73. The summed E-state index contributed by atoms with van der Waals surface area (Å²) in [7, 11) is 0. The van der Waals surface area contributed by atoms with Crippen LogP contribution in [0.5, 0.6) is 11.5 Å². The molecule has 0 radical (unpaired) electrons. The first kappa shape index (κ1) is 13.6. The normalized spacial score (nSPS) is 19.1. The molecule has 0 amide bonds. The average Bonchev–Trinajstić information content (AvgIpc) is 2.53. The quantitative estimate of drug-likeness (QED) is 0.903. The van der Waals surface area contributed by atoms with E-state index in [4.69, 9.17) is 9.47 Å². The minimum Gasteiger partial charge on any atom is -0.486 e. The molecule has 1 N–H and O–H groups in total. The van der Waals surface area contributed by atoms with Gasteiger partial charge in [-0.2, -0.15) is 0 Å². The highest BCUT2D eigenvalue weighted by atomic mass is 19.1. The molecule has 0 aliphatic carbocycles. The first-order valence-corrected chi connectivity index (χ1v) is 7.27. The van der Waals surface area contributed by atoms with Crippen molar-refractivity contribution in [3.05, 3.63) is 23.3 Å². The largest absolute Gasteiger partial charge is 0.486 e. The van der Waals surface area contributed by atoms with E-state index in [0.717, 1.165) is 50.5 Å². The molecule has 1 aromatic carbocycles. The van der Waals surface area contributed by atoms with Crippen LogP contribution in [-0.4, -0.2) is 50.8 Å². The molecule has 1 fully saturated rings. The third-order valence-corrected chi connectivity index (χ3v) is 3.84. The second-order valence-corrected chi connectivity index (χ2v) is 5.25. The fourth-order valence-electron chi connectivity index (χ4n) is 2.77. The molecule has 20 heavy (non-hydrogen) atoms. The molecule has 5 heteroatoms. The van der Waals surface area contributed by atoms with Crippen LogP contribution in [0.1, 0.15) is 11.1 Å². The van der Waals surface area contributed by atoms with Gasteiger partial charge in [-0.25, -0.2) is 4.39 Å². The monoisotopic (exact) mass is 280 g/mol. The smallest absolute Gasteiger partial charge is 0.164 e. The molecule has 0 unspecified atom stereocenters. The van der Waals surface area contributed by atoms with Crippen LogP contribution in [0, 0.1) is 0 Å². The van der Waals surface area contributed by atoms with Crippen molar-refractivity contribution < 1.29 is 13.9 Å².